The summed E-state index contributed by atoms with van der Waals surface area (Å²) in [4.78, 5) is 4.05. The van der Waals surface area contributed by atoms with Gasteiger partial charge in [-0.15, -0.1) is 11.8 Å². The van der Waals surface area contributed by atoms with Gasteiger partial charge in [0.1, 0.15) is 6.23 Å². The molecule has 0 saturated carbocycles. The highest BCUT2D eigenvalue weighted by Crippen LogP contribution is 1.93. The molecule has 0 amide bonds. The molecule has 0 aromatic heterocycles. The van der Waals surface area contributed by atoms with Crippen molar-refractivity contribution in [2.45, 2.75) is 20.1 Å². The molecule has 2 nitrogen and oxygen atoms in total. The minimum atomic E-state index is 0.0162. The number of rotatable bonds is 4. The van der Waals surface area contributed by atoms with Crippen molar-refractivity contribution < 1.29 is 4.74 Å². The molecule has 0 saturated heterocycles. The van der Waals surface area contributed by atoms with Crippen LogP contribution in [0.15, 0.2) is 4.99 Å². The highest BCUT2D eigenvalue weighted by molar-refractivity contribution is 8.11. The SMILES string of the molecule is CCOC(C)/N=C\SC. The van der Waals surface area contributed by atoms with Crippen LogP contribution in [0.1, 0.15) is 13.8 Å². The third-order valence-corrected chi connectivity index (χ3v) is 1.12. The second kappa shape index (κ2) is 6.11. The van der Waals surface area contributed by atoms with Gasteiger partial charge in [0.15, 0.2) is 0 Å². The van der Waals surface area contributed by atoms with Crippen LogP contribution in [0.4, 0.5) is 0 Å². The molecule has 0 heterocycles. The summed E-state index contributed by atoms with van der Waals surface area (Å²) < 4.78 is 5.13. The van der Waals surface area contributed by atoms with Gasteiger partial charge in [0.2, 0.25) is 0 Å². The van der Waals surface area contributed by atoms with E-state index in [0.717, 1.165) is 6.61 Å². The fraction of sp³-hybridized carbons (Fsp3) is 0.833. The van der Waals surface area contributed by atoms with Crippen molar-refractivity contribution in [1.82, 2.24) is 0 Å². The summed E-state index contributed by atoms with van der Waals surface area (Å²) in [5.74, 6) is 0. The maximum atomic E-state index is 5.13. The van der Waals surface area contributed by atoms with Crippen LogP contribution in [0.2, 0.25) is 0 Å². The summed E-state index contributed by atoms with van der Waals surface area (Å²) >= 11 is 1.58. The molecule has 0 bridgehead atoms. The minimum absolute atomic E-state index is 0.0162. The van der Waals surface area contributed by atoms with Crippen molar-refractivity contribution in [3.63, 3.8) is 0 Å². The van der Waals surface area contributed by atoms with Gasteiger partial charge in [-0.25, -0.2) is 0 Å². The van der Waals surface area contributed by atoms with Crippen molar-refractivity contribution in [2.75, 3.05) is 12.9 Å². The van der Waals surface area contributed by atoms with E-state index < -0.39 is 0 Å². The van der Waals surface area contributed by atoms with Crippen molar-refractivity contribution in [1.29, 1.82) is 0 Å². The van der Waals surface area contributed by atoms with Gasteiger partial charge in [0, 0.05) is 6.61 Å². The summed E-state index contributed by atoms with van der Waals surface area (Å²) in [5, 5.41) is 0. The van der Waals surface area contributed by atoms with Crippen LogP contribution in [0.3, 0.4) is 0 Å². The molecule has 9 heavy (non-hydrogen) atoms. The first-order chi connectivity index (χ1) is 4.31. The Hall–Kier alpha value is -0.0200. The molecule has 0 aliphatic carbocycles. The van der Waals surface area contributed by atoms with Crippen LogP contribution in [0, 0.1) is 0 Å². The number of nitrogens with zero attached hydrogens (tertiary/aromatic N) is 1. The average molecular weight is 147 g/mol. The third kappa shape index (κ3) is 5.86. The molecule has 0 N–H and O–H groups in total. The fourth-order valence-electron chi connectivity index (χ4n) is 0.431. The highest BCUT2D eigenvalue weighted by atomic mass is 32.2. The quantitative estimate of drug-likeness (QED) is 0.446. The molecule has 0 radical (unpaired) electrons. The lowest BCUT2D eigenvalue weighted by molar-refractivity contribution is 0.0837. The maximum Gasteiger partial charge on any atom is 0.146 e. The summed E-state index contributed by atoms with van der Waals surface area (Å²) in [6.07, 6.45) is 1.99. The zero-order valence-corrected chi connectivity index (χ0v) is 6.94. The smallest absolute Gasteiger partial charge is 0.146 e. The number of thioether (sulfide) groups is 1. The Balaban J connectivity index is 3.25. The Morgan fingerprint density at radius 2 is 2.44 bits per heavy atom. The third-order valence-electron chi connectivity index (χ3n) is 0.784. The summed E-state index contributed by atoms with van der Waals surface area (Å²) in [7, 11) is 0. The molecule has 1 atom stereocenters. The number of aliphatic imine (C=N–C) groups is 1. The van der Waals surface area contributed by atoms with Crippen molar-refractivity contribution >= 4 is 17.3 Å². The van der Waals surface area contributed by atoms with Crippen LogP contribution in [-0.4, -0.2) is 24.6 Å². The summed E-state index contributed by atoms with van der Waals surface area (Å²) in [6, 6.07) is 0. The Labute approximate surface area is 60.7 Å². The van der Waals surface area contributed by atoms with E-state index in [4.69, 9.17) is 4.74 Å². The van der Waals surface area contributed by atoms with Crippen LogP contribution < -0.4 is 0 Å². The van der Waals surface area contributed by atoms with Gasteiger partial charge in [0.25, 0.3) is 0 Å². The van der Waals surface area contributed by atoms with Gasteiger partial charge in [0.05, 0.1) is 5.55 Å². The van der Waals surface area contributed by atoms with E-state index in [-0.39, 0.29) is 6.23 Å². The number of ether oxygens (including phenoxy) is 1. The maximum absolute atomic E-state index is 5.13. The van der Waals surface area contributed by atoms with Gasteiger partial charge >= 0.3 is 0 Å². The molecule has 0 aliphatic heterocycles. The van der Waals surface area contributed by atoms with Crippen molar-refractivity contribution in [3.8, 4) is 0 Å². The van der Waals surface area contributed by atoms with Crippen LogP contribution in [-0.2, 0) is 4.74 Å². The monoisotopic (exact) mass is 147 g/mol. The van der Waals surface area contributed by atoms with E-state index in [1.807, 2.05) is 20.1 Å². The van der Waals surface area contributed by atoms with Crippen molar-refractivity contribution in [3.05, 3.63) is 0 Å². The Bertz CT molecular complexity index is 85.1. The first kappa shape index (κ1) is 8.98. The molecule has 0 fully saturated rings. The predicted molar refractivity (Wildman–Crippen MR) is 43.1 cm³/mol. The van der Waals surface area contributed by atoms with Crippen molar-refractivity contribution in [2.24, 2.45) is 4.99 Å². The van der Waals surface area contributed by atoms with Gasteiger partial charge in [-0.2, -0.15) is 0 Å². The molecule has 0 rings (SSSR count). The zero-order valence-electron chi connectivity index (χ0n) is 6.13. The van der Waals surface area contributed by atoms with Gasteiger partial charge in [-0.05, 0) is 20.1 Å². The molecule has 0 spiro atoms. The lowest BCUT2D eigenvalue weighted by Gasteiger charge is -2.03. The molecular weight excluding hydrogens is 134 g/mol. The lowest BCUT2D eigenvalue weighted by Crippen LogP contribution is -2.03. The Morgan fingerprint density at radius 3 is 2.89 bits per heavy atom. The molecular formula is C6H13NOS. The lowest BCUT2D eigenvalue weighted by atomic mass is 10.7. The standard InChI is InChI=1S/C6H13NOS/c1-4-8-6(2)7-5-9-3/h5-6H,4H2,1-3H3/b7-5-. The average Bonchev–Trinajstić information content (AvgIpc) is 1.85. The molecule has 1 unspecified atom stereocenters. The zero-order chi connectivity index (χ0) is 7.11. The second-order valence-electron chi connectivity index (χ2n) is 1.54. The van der Waals surface area contributed by atoms with Crippen LogP contribution in [0.5, 0.6) is 0 Å². The van der Waals surface area contributed by atoms with E-state index in [1.54, 1.807) is 17.3 Å². The van der Waals surface area contributed by atoms with E-state index in [2.05, 4.69) is 4.99 Å². The molecule has 0 aromatic carbocycles. The number of hydrogen-bond acceptors (Lipinski definition) is 3. The molecule has 54 valence electrons. The Morgan fingerprint density at radius 1 is 1.78 bits per heavy atom. The normalized spacial score (nSPS) is 14.6. The summed E-state index contributed by atoms with van der Waals surface area (Å²) in [5.41, 5.74) is 1.79. The van der Waals surface area contributed by atoms with E-state index in [0.29, 0.717) is 0 Å². The first-order valence-corrected chi connectivity index (χ1v) is 4.26. The van der Waals surface area contributed by atoms with E-state index >= 15 is 0 Å². The van der Waals surface area contributed by atoms with Gasteiger partial charge in [-0.1, -0.05) is 0 Å². The topological polar surface area (TPSA) is 21.6 Å². The van der Waals surface area contributed by atoms with E-state index in [9.17, 15) is 0 Å². The minimum Gasteiger partial charge on any atom is -0.357 e. The molecule has 3 heteroatoms. The van der Waals surface area contributed by atoms with Gasteiger partial charge < -0.3 is 4.74 Å². The molecule has 0 aromatic rings. The number of hydrogen-bond donors (Lipinski definition) is 0. The second-order valence-corrected chi connectivity index (χ2v) is 2.23. The van der Waals surface area contributed by atoms with Crippen LogP contribution >= 0.6 is 11.8 Å². The highest BCUT2D eigenvalue weighted by Gasteiger charge is 1.91. The fourth-order valence-corrected chi connectivity index (χ4v) is 0.724. The van der Waals surface area contributed by atoms with Crippen LogP contribution in [0.25, 0.3) is 0 Å². The largest absolute Gasteiger partial charge is 0.357 e. The Kier molecular flexibility index (Phi) is 6.09. The van der Waals surface area contributed by atoms with Gasteiger partial charge in [-0.3, -0.25) is 4.99 Å². The predicted octanol–water partition coefficient (Wildman–Crippen LogP) is 1.76. The van der Waals surface area contributed by atoms with E-state index in [1.165, 1.54) is 0 Å². The summed E-state index contributed by atoms with van der Waals surface area (Å²) in [6.45, 7) is 4.62. The molecule has 0 aliphatic rings. The first-order valence-electron chi connectivity index (χ1n) is 2.97.